The van der Waals surface area contributed by atoms with Crippen molar-refractivity contribution in [2.45, 2.75) is 20.3 Å². The molecular formula is C9H12O. The fourth-order valence-electron chi connectivity index (χ4n) is 0.712. The van der Waals surface area contributed by atoms with Crippen molar-refractivity contribution in [1.29, 1.82) is 0 Å². The number of hydrogen-bond acceptors (Lipinski definition) is 1. The van der Waals surface area contributed by atoms with Crippen molar-refractivity contribution in [3.8, 4) is 0 Å². The van der Waals surface area contributed by atoms with Gasteiger partial charge < -0.3 is 4.42 Å². The normalized spacial score (nSPS) is 9.40. The molecule has 0 radical (unpaired) electrons. The van der Waals surface area contributed by atoms with Crippen LogP contribution in [0.1, 0.15) is 20.3 Å². The van der Waals surface area contributed by atoms with E-state index in [1.165, 1.54) is 6.42 Å². The lowest BCUT2D eigenvalue weighted by molar-refractivity contribution is 0.675. The molecule has 0 saturated heterocycles. The first-order chi connectivity index (χ1) is 4.86. The van der Waals surface area contributed by atoms with Crippen LogP contribution in [0.25, 0.3) is 11.2 Å². The Balaban J connectivity index is 0.000000148. The molecule has 0 fully saturated rings. The maximum Gasteiger partial charge on any atom is 0.127 e. The Labute approximate surface area is 61.0 Å². The van der Waals surface area contributed by atoms with Crippen LogP contribution in [0.15, 0.2) is 28.7 Å². The van der Waals surface area contributed by atoms with E-state index in [4.69, 9.17) is 4.42 Å². The van der Waals surface area contributed by atoms with Crippen molar-refractivity contribution in [1.82, 2.24) is 0 Å². The Morgan fingerprint density at radius 3 is 1.40 bits per heavy atom. The van der Waals surface area contributed by atoms with Crippen LogP contribution in [0, 0.1) is 0 Å². The minimum absolute atomic E-state index is 0.968. The van der Waals surface area contributed by atoms with Gasteiger partial charge in [-0.3, -0.25) is 0 Å². The molecular weight excluding hydrogens is 124 g/mol. The molecule has 0 aliphatic carbocycles. The first-order valence-corrected chi connectivity index (χ1v) is 3.64. The third-order valence-corrected chi connectivity index (χ3v) is 1.06. The highest BCUT2D eigenvalue weighted by Gasteiger charge is 1.91. The Kier molecular flexibility index (Phi) is 2.32. The number of fused-ring (bicyclic) bond motifs is 2. The SMILES string of the molecule is CCC.c1cc2ccc1o2. The molecule has 0 saturated carbocycles. The van der Waals surface area contributed by atoms with Crippen molar-refractivity contribution in [2.24, 2.45) is 0 Å². The lowest BCUT2D eigenvalue weighted by Gasteiger charge is -1.60. The average molecular weight is 136 g/mol. The van der Waals surface area contributed by atoms with Crippen molar-refractivity contribution < 1.29 is 4.42 Å². The Hall–Kier alpha value is -0.980. The lowest BCUT2D eigenvalue weighted by atomic mass is 10.4. The summed E-state index contributed by atoms with van der Waals surface area (Å²) >= 11 is 0. The molecule has 2 bridgehead atoms. The topological polar surface area (TPSA) is 13.1 Å². The van der Waals surface area contributed by atoms with Gasteiger partial charge in [0, 0.05) is 0 Å². The Bertz CT molecular complexity index is 214. The molecule has 10 heavy (non-hydrogen) atoms. The summed E-state index contributed by atoms with van der Waals surface area (Å²) in [7, 11) is 0. The third-order valence-electron chi connectivity index (χ3n) is 1.06. The first kappa shape index (κ1) is 7.13. The highest BCUT2D eigenvalue weighted by Crippen LogP contribution is 2.13. The molecule has 0 aliphatic heterocycles. The van der Waals surface area contributed by atoms with Gasteiger partial charge in [0.1, 0.15) is 11.2 Å². The summed E-state index contributed by atoms with van der Waals surface area (Å²) in [6, 6.07) is 7.81. The zero-order chi connectivity index (χ0) is 7.40. The highest BCUT2D eigenvalue weighted by atomic mass is 16.3. The molecule has 0 aliphatic rings. The summed E-state index contributed by atoms with van der Waals surface area (Å²) in [5.41, 5.74) is 1.94. The van der Waals surface area contributed by atoms with E-state index in [1.54, 1.807) is 0 Å². The molecule has 0 N–H and O–H groups in total. The van der Waals surface area contributed by atoms with Gasteiger partial charge in [0.05, 0.1) is 0 Å². The minimum atomic E-state index is 0.968. The van der Waals surface area contributed by atoms with E-state index in [0.717, 1.165) is 11.2 Å². The molecule has 0 amide bonds. The van der Waals surface area contributed by atoms with E-state index in [9.17, 15) is 0 Å². The van der Waals surface area contributed by atoms with Crippen LogP contribution in [0.4, 0.5) is 0 Å². The van der Waals surface area contributed by atoms with Crippen LogP contribution in [-0.4, -0.2) is 0 Å². The molecule has 0 atom stereocenters. The first-order valence-electron chi connectivity index (χ1n) is 3.64. The van der Waals surface area contributed by atoms with Crippen LogP contribution in [-0.2, 0) is 0 Å². The summed E-state index contributed by atoms with van der Waals surface area (Å²) in [5, 5.41) is 0. The highest BCUT2D eigenvalue weighted by molar-refractivity contribution is 5.59. The molecule has 2 heterocycles. The van der Waals surface area contributed by atoms with Crippen LogP contribution in [0.2, 0.25) is 0 Å². The largest absolute Gasteiger partial charge is 0.457 e. The van der Waals surface area contributed by atoms with Gasteiger partial charge in [0.15, 0.2) is 0 Å². The second-order valence-corrected chi connectivity index (χ2v) is 2.28. The van der Waals surface area contributed by atoms with E-state index in [-0.39, 0.29) is 0 Å². The molecule has 0 spiro atoms. The van der Waals surface area contributed by atoms with E-state index < -0.39 is 0 Å². The number of furan rings is 2. The predicted octanol–water partition coefficient (Wildman–Crippen LogP) is 3.29. The van der Waals surface area contributed by atoms with Crippen LogP contribution >= 0.6 is 0 Å². The van der Waals surface area contributed by atoms with Crippen LogP contribution < -0.4 is 0 Å². The quantitative estimate of drug-likeness (QED) is 0.541. The Morgan fingerprint density at radius 2 is 1.30 bits per heavy atom. The van der Waals surface area contributed by atoms with Crippen LogP contribution in [0.3, 0.4) is 0 Å². The summed E-state index contributed by atoms with van der Waals surface area (Å²) in [5.74, 6) is 0. The summed E-state index contributed by atoms with van der Waals surface area (Å²) in [4.78, 5) is 0. The number of rotatable bonds is 0. The van der Waals surface area contributed by atoms with Gasteiger partial charge in [-0.2, -0.15) is 0 Å². The standard InChI is InChI=1S/C6H4O.C3H8/c1-2-6-4-3-5(1)7-6;1-3-2/h1-4H;3H2,1-2H3. The second kappa shape index (κ2) is 3.25. The van der Waals surface area contributed by atoms with E-state index in [2.05, 4.69) is 13.8 Å². The van der Waals surface area contributed by atoms with Crippen LogP contribution in [0.5, 0.6) is 0 Å². The predicted molar refractivity (Wildman–Crippen MR) is 43.4 cm³/mol. The number of hydrogen-bond donors (Lipinski definition) is 0. The smallest absolute Gasteiger partial charge is 0.127 e. The zero-order valence-electron chi connectivity index (χ0n) is 6.42. The minimum Gasteiger partial charge on any atom is -0.457 e. The molecule has 54 valence electrons. The zero-order valence-corrected chi connectivity index (χ0v) is 6.42. The molecule has 0 aromatic carbocycles. The lowest BCUT2D eigenvalue weighted by Crippen LogP contribution is -1.43. The molecule has 2 aromatic heterocycles. The van der Waals surface area contributed by atoms with E-state index in [1.807, 2.05) is 24.3 Å². The van der Waals surface area contributed by atoms with Crippen molar-refractivity contribution >= 4 is 11.2 Å². The van der Waals surface area contributed by atoms with Crippen molar-refractivity contribution in [3.05, 3.63) is 24.3 Å². The third kappa shape index (κ3) is 1.50. The maximum absolute atomic E-state index is 5.08. The van der Waals surface area contributed by atoms with Gasteiger partial charge in [-0.15, -0.1) is 0 Å². The fraction of sp³-hybridized carbons (Fsp3) is 0.333. The molecule has 1 nitrogen and oxygen atoms in total. The van der Waals surface area contributed by atoms with Gasteiger partial charge in [-0.1, -0.05) is 20.3 Å². The monoisotopic (exact) mass is 136 g/mol. The van der Waals surface area contributed by atoms with Crippen molar-refractivity contribution in [2.75, 3.05) is 0 Å². The fourth-order valence-corrected chi connectivity index (χ4v) is 0.712. The van der Waals surface area contributed by atoms with Crippen molar-refractivity contribution in [3.63, 3.8) is 0 Å². The van der Waals surface area contributed by atoms with Gasteiger partial charge in [0.2, 0.25) is 0 Å². The molecule has 0 unspecified atom stereocenters. The summed E-state index contributed by atoms with van der Waals surface area (Å²) in [6.45, 7) is 4.25. The van der Waals surface area contributed by atoms with Gasteiger partial charge in [-0.05, 0) is 24.3 Å². The van der Waals surface area contributed by atoms with Gasteiger partial charge in [0.25, 0.3) is 0 Å². The van der Waals surface area contributed by atoms with E-state index in [0.29, 0.717) is 0 Å². The Morgan fingerprint density at radius 1 is 1.00 bits per heavy atom. The molecule has 2 aromatic rings. The van der Waals surface area contributed by atoms with Gasteiger partial charge in [-0.25, -0.2) is 0 Å². The van der Waals surface area contributed by atoms with E-state index >= 15 is 0 Å². The second-order valence-electron chi connectivity index (χ2n) is 2.28. The maximum atomic E-state index is 5.08. The summed E-state index contributed by atoms with van der Waals surface area (Å²) in [6.07, 6.45) is 1.25. The molecule has 1 heteroatoms. The van der Waals surface area contributed by atoms with Gasteiger partial charge >= 0.3 is 0 Å². The number of benzene rings is 1. The molecule has 2 rings (SSSR count). The summed E-state index contributed by atoms with van der Waals surface area (Å²) < 4.78 is 5.08. The average Bonchev–Trinajstić information content (AvgIpc) is 2.49.